The van der Waals surface area contributed by atoms with E-state index >= 15 is 0 Å². The van der Waals surface area contributed by atoms with Crippen molar-refractivity contribution in [3.05, 3.63) is 76.7 Å². The van der Waals surface area contributed by atoms with Gasteiger partial charge in [0.1, 0.15) is 19.6 Å². The zero-order valence-corrected chi connectivity index (χ0v) is 21.3. The van der Waals surface area contributed by atoms with E-state index in [9.17, 15) is 5.26 Å². The maximum absolute atomic E-state index is 9.77. The fourth-order valence-electron chi connectivity index (χ4n) is 4.15. The fraction of sp³-hybridized carbons (Fsp3) is 0.333. The van der Waals surface area contributed by atoms with Crippen LogP contribution < -0.4 is 10.6 Å². The van der Waals surface area contributed by atoms with E-state index in [0.29, 0.717) is 45.8 Å². The Hall–Kier alpha value is -3.57. The van der Waals surface area contributed by atoms with Gasteiger partial charge in [-0.3, -0.25) is 4.98 Å². The van der Waals surface area contributed by atoms with Crippen LogP contribution in [-0.4, -0.2) is 34.4 Å². The molecule has 5 rings (SSSR count). The second kappa shape index (κ2) is 9.14. The summed E-state index contributed by atoms with van der Waals surface area (Å²) in [6, 6.07) is 16.1. The van der Waals surface area contributed by atoms with Crippen LogP contribution in [0, 0.1) is 16.7 Å². The van der Waals surface area contributed by atoms with Gasteiger partial charge < -0.3 is 10.6 Å². The number of nitrogens with one attached hydrogen (secondary N) is 2. The van der Waals surface area contributed by atoms with Crippen molar-refractivity contribution >= 4 is 41.7 Å². The first-order valence-corrected chi connectivity index (χ1v) is 12.4. The average Bonchev–Trinajstić information content (AvgIpc) is 3.58. The van der Waals surface area contributed by atoms with E-state index in [-0.39, 0.29) is 5.41 Å². The van der Waals surface area contributed by atoms with E-state index in [1.165, 1.54) is 0 Å². The maximum atomic E-state index is 9.77. The van der Waals surface area contributed by atoms with E-state index < -0.39 is 5.44 Å². The van der Waals surface area contributed by atoms with Gasteiger partial charge >= 0.3 is 0 Å². The van der Waals surface area contributed by atoms with Gasteiger partial charge in [0, 0.05) is 23.8 Å². The molecule has 1 fully saturated rings. The van der Waals surface area contributed by atoms with Gasteiger partial charge in [-0.2, -0.15) is 5.26 Å². The van der Waals surface area contributed by atoms with Gasteiger partial charge in [0.05, 0.1) is 39.5 Å². The first kappa shape index (κ1) is 24.1. The van der Waals surface area contributed by atoms with Crippen LogP contribution in [0.2, 0.25) is 5.02 Å². The molecule has 2 aromatic heterocycles. The number of fused-ring (bicyclic) bond motifs is 1. The number of hydrogen-bond acceptors (Lipinski definition) is 6. The maximum Gasteiger partial charge on any atom is 0.119 e. The van der Waals surface area contributed by atoms with Crippen molar-refractivity contribution in [3.8, 4) is 6.07 Å². The summed E-state index contributed by atoms with van der Waals surface area (Å²) in [4.78, 5) is 4.46. The smallest absolute Gasteiger partial charge is 0.119 e. The molecule has 0 aliphatic heterocycles. The van der Waals surface area contributed by atoms with Gasteiger partial charge in [-0.15, -0.1) is 5.10 Å². The van der Waals surface area contributed by atoms with Crippen LogP contribution in [0.1, 0.15) is 56.5 Å². The number of benzene rings is 2. The van der Waals surface area contributed by atoms with Crippen molar-refractivity contribution in [1.29, 1.82) is 5.26 Å². The second-order valence-corrected chi connectivity index (χ2v) is 10.9. The molecule has 4 aromatic rings. The van der Waals surface area contributed by atoms with Gasteiger partial charge in [0.15, 0.2) is 0 Å². The summed E-state index contributed by atoms with van der Waals surface area (Å²) in [6.45, 7) is 7.07. The van der Waals surface area contributed by atoms with Crippen LogP contribution in [0.3, 0.4) is 0 Å². The van der Waals surface area contributed by atoms with Crippen molar-refractivity contribution in [2.75, 3.05) is 17.2 Å². The lowest BCUT2D eigenvalue weighted by Gasteiger charge is -2.32. The number of anilines is 2. The Morgan fingerprint density at radius 2 is 1.94 bits per heavy atom. The van der Waals surface area contributed by atoms with Crippen LogP contribution in [0.4, 0.5) is 11.4 Å². The highest BCUT2D eigenvalue weighted by atomic mass is 35.5. The van der Waals surface area contributed by atoms with Crippen molar-refractivity contribution in [2.45, 2.75) is 45.1 Å². The zero-order chi connectivity index (χ0) is 25.5. The lowest BCUT2D eigenvalue weighted by Crippen LogP contribution is -2.37. The molecule has 0 spiro atoms. The van der Waals surface area contributed by atoms with Crippen LogP contribution in [0.5, 0.6) is 0 Å². The third-order valence-corrected chi connectivity index (χ3v) is 6.53. The molecule has 2 radical (unpaired) electrons. The molecule has 1 saturated carbocycles. The van der Waals surface area contributed by atoms with E-state index in [4.69, 9.17) is 19.4 Å². The summed E-state index contributed by atoms with van der Waals surface area (Å²) in [7, 11) is 7.06. The standard InChI is InChI=1S/C27H27BClN7/c1-26(2,3)16-32-24-17(13-30)14-31-25-21(24)11-19(12-22(25)29)33-27(28,18-7-5-4-6-8-18)23-15-36(35-34-23)20-9-10-20/h4-8,11-12,14-15,20,33H,9-10,16H2,1-3H3,(H,31,32). The Balaban J connectivity index is 1.61. The number of rotatable bonds is 7. The van der Waals surface area contributed by atoms with Crippen LogP contribution in [0.15, 0.2) is 54.9 Å². The lowest BCUT2D eigenvalue weighted by molar-refractivity contribution is 0.443. The molecule has 1 aliphatic carbocycles. The molecule has 2 N–H and O–H groups in total. The minimum absolute atomic E-state index is 0.00901. The molecule has 1 unspecified atom stereocenters. The Kier molecular flexibility index (Phi) is 6.13. The highest BCUT2D eigenvalue weighted by Crippen LogP contribution is 2.38. The Bertz CT molecular complexity index is 1450. The number of aromatic nitrogens is 4. The Morgan fingerprint density at radius 1 is 1.19 bits per heavy atom. The number of pyridine rings is 1. The zero-order valence-electron chi connectivity index (χ0n) is 20.6. The third-order valence-electron chi connectivity index (χ3n) is 6.25. The molecule has 1 atom stereocenters. The normalized spacial score (nSPS) is 15.3. The van der Waals surface area contributed by atoms with Gasteiger partial charge in [0.2, 0.25) is 0 Å². The molecule has 2 aromatic carbocycles. The summed E-state index contributed by atoms with van der Waals surface area (Å²) >= 11 is 6.71. The van der Waals surface area contributed by atoms with E-state index in [1.54, 1.807) is 12.3 Å². The molecular formula is C27H27BClN7. The molecule has 9 heteroatoms. The van der Waals surface area contributed by atoms with E-state index in [2.05, 4.69) is 52.8 Å². The summed E-state index contributed by atoms with van der Waals surface area (Å²) < 4.78 is 1.88. The number of hydrogen-bond donors (Lipinski definition) is 2. The Morgan fingerprint density at radius 3 is 2.61 bits per heavy atom. The van der Waals surface area contributed by atoms with Crippen molar-refractivity contribution in [2.24, 2.45) is 5.41 Å². The van der Waals surface area contributed by atoms with Crippen molar-refractivity contribution < 1.29 is 0 Å². The first-order valence-electron chi connectivity index (χ1n) is 12.0. The van der Waals surface area contributed by atoms with Crippen LogP contribution >= 0.6 is 11.6 Å². The third kappa shape index (κ3) is 4.76. The summed E-state index contributed by atoms with van der Waals surface area (Å²) in [5.74, 6) is 0. The molecular weight excluding hydrogens is 469 g/mol. The topological polar surface area (TPSA) is 91.5 Å². The lowest BCUT2D eigenvalue weighted by atomic mass is 9.69. The highest BCUT2D eigenvalue weighted by Gasteiger charge is 2.34. The van der Waals surface area contributed by atoms with Crippen LogP contribution in [-0.2, 0) is 5.44 Å². The molecule has 7 nitrogen and oxygen atoms in total. The molecule has 0 saturated heterocycles. The van der Waals surface area contributed by atoms with Crippen LogP contribution in [0.25, 0.3) is 10.9 Å². The van der Waals surface area contributed by atoms with Gasteiger partial charge in [0.25, 0.3) is 0 Å². The predicted octanol–water partition coefficient (Wildman–Crippen LogP) is 5.63. The average molecular weight is 496 g/mol. The monoisotopic (exact) mass is 495 g/mol. The number of nitriles is 1. The van der Waals surface area contributed by atoms with Crippen molar-refractivity contribution in [1.82, 2.24) is 20.0 Å². The number of halogens is 1. The predicted molar refractivity (Wildman–Crippen MR) is 144 cm³/mol. The summed E-state index contributed by atoms with van der Waals surface area (Å²) in [5, 5.41) is 26.6. The van der Waals surface area contributed by atoms with Crippen molar-refractivity contribution in [3.63, 3.8) is 0 Å². The molecule has 1 aliphatic rings. The largest absolute Gasteiger partial charge is 0.383 e. The fourth-order valence-corrected chi connectivity index (χ4v) is 4.42. The SMILES string of the molecule is [B]C(Nc1cc(Cl)c2ncc(C#N)c(NCC(C)(C)C)c2c1)(c1ccccc1)c1cn(C2CC2)nn1. The Labute approximate surface area is 217 Å². The quantitative estimate of drug-likeness (QED) is 0.323. The summed E-state index contributed by atoms with van der Waals surface area (Å²) in [5.41, 5.74) is 2.72. The molecule has 0 bridgehead atoms. The van der Waals surface area contributed by atoms with E-state index in [0.717, 1.165) is 23.8 Å². The minimum Gasteiger partial charge on any atom is -0.383 e. The molecule has 2 heterocycles. The van der Waals surface area contributed by atoms with Gasteiger partial charge in [-0.05, 0) is 36.0 Å². The molecule has 36 heavy (non-hydrogen) atoms. The second-order valence-electron chi connectivity index (χ2n) is 10.5. The minimum atomic E-state index is -1.16. The first-order chi connectivity index (χ1) is 17.2. The molecule has 0 amide bonds. The summed E-state index contributed by atoms with van der Waals surface area (Å²) in [6.07, 6.45) is 5.65. The molecule has 180 valence electrons. The van der Waals surface area contributed by atoms with Gasteiger partial charge in [-0.25, -0.2) is 4.68 Å². The van der Waals surface area contributed by atoms with Gasteiger partial charge in [-0.1, -0.05) is 67.9 Å². The van der Waals surface area contributed by atoms with E-state index in [1.807, 2.05) is 47.3 Å². The highest BCUT2D eigenvalue weighted by molar-refractivity contribution is 6.36. The number of nitrogens with zero attached hydrogens (tertiary/aromatic N) is 5.